The van der Waals surface area contributed by atoms with Crippen LogP contribution in [0, 0.1) is 15.9 Å². The zero-order chi connectivity index (χ0) is 10.7. The van der Waals surface area contributed by atoms with Gasteiger partial charge in [-0.15, -0.1) is 0 Å². The Hall–Kier alpha value is -1.98. The third kappa shape index (κ3) is 2.03. The van der Waals surface area contributed by atoms with Crippen LogP contribution in [0.25, 0.3) is 0 Å². The summed E-state index contributed by atoms with van der Waals surface area (Å²) in [5, 5.41) is 18.8. The first-order chi connectivity index (χ1) is 6.52. The van der Waals surface area contributed by atoms with Gasteiger partial charge >= 0.3 is 5.97 Å². The van der Waals surface area contributed by atoms with E-state index < -0.39 is 34.4 Å². The van der Waals surface area contributed by atoms with E-state index in [-0.39, 0.29) is 0 Å². The van der Waals surface area contributed by atoms with Crippen molar-refractivity contribution in [3.63, 3.8) is 0 Å². The fourth-order valence-corrected chi connectivity index (χ4v) is 1.04. The first-order valence-electron chi connectivity index (χ1n) is 3.66. The van der Waals surface area contributed by atoms with E-state index in [2.05, 4.69) is 0 Å². The molecule has 1 N–H and O–H groups in total. The van der Waals surface area contributed by atoms with Gasteiger partial charge in [-0.1, -0.05) is 6.07 Å². The average molecular weight is 199 g/mol. The van der Waals surface area contributed by atoms with E-state index in [9.17, 15) is 19.3 Å². The van der Waals surface area contributed by atoms with Crippen molar-refractivity contribution in [2.45, 2.75) is 6.42 Å². The minimum absolute atomic E-state index is 0.398. The van der Waals surface area contributed by atoms with Crippen molar-refractivity contribution in [1.29, 1.82) is 0 Å². The summed E-state index contributed by atoms with van der Waals surface area (Å²) in [5.74, 6) is -2.18. The van der Waals surface area contributed by atoms with E-state index in [0.29, 0.717) is 0 Å². The van der Waals surface area contributed by atoms with E-state index in [1.165, 1.54) is 6.07 Å². The van der Waals surface area contributed by atoms with Crippen LogP contribution in [0.5, 0.6) is 0 Å². The number of carboxylic acid groups (broad SMARTS) is 1. The zero-order valence-corrected chi connectivity index (χ0v) is 6.94. The van der Waals surface area contributed by atoms with Crippen molar-refractivity contribution < 1.29 is 19.2 Å². The van der Waals surface area contributed by atoms with Gasteiger partial charge in [-0.2, -0.15) is 0 Å². The van der Waals surface area contributed by atoms with Gasteiger partial charge in [0.1, 0.15) is 5.82 Å². The average Bonchev–Trinajstić information content (AvgIpc) is 2.07. The maximum absolute atomic E-state index is 13.0. The van der Waals surface area contributed by atoms with Crippen molar-refractivity contribution in [1.82, 2.24) is 0 Å². The van der Waals surface area contributed by atoms with Gasteiger partial charge in [0.25, 0.3) is 5.69 Å². The van der Waals surface area contributed by atoms with Gasteiger partial charge in [-0.3, -0.25) is 14.9 Å². The summed E-state index contributed by atoms with van der Waals surface area (Å²) in [6, 6.07) is 3.23. The number of nitro groups is 1. The van der Waals surface area contributed by atoms with Crippen molar-refractivity contribution in [3.8, 4) is 0 Å². The second kappa shape index (κ2) is 3.82. The summed E-state index contributed by atoms with van der Waals surface area (Å²) in [4.78, 5) is 19.9. The van der Waals surface area contributed by atoms with Gasteiger partial charge < -0.3 is 5.11 Å². The second-order valence-electron chi connectivity index (χ2n) is 2.57. The molecule has 1 rings (SSSR count). The highest BCUT2D eigenvalue weighted by atomic mass is 19.1. The largest absolute Gasteiger partial charge is 0.481 e. The van der Waals surface area contributed by atoms with Crippen LogP contribution in [-0.2, 0) is 11.2 Å². The third-order valence-corrected chi connectivity index (χ3v) is 1.62. The molecule has 0 radical (unpaired) electrons. The summed E-state index contributed by atoms with van der Waals surface area (Å²) in [5.41, 5.74) is -0.905. The molecule has 0 aliphatic carbocycles. The molecule has 0 spiro atoms. The van der Waals surface area contributed by atoms with E-state index in [1.54, 1.807) is 0 Å². The molecular weight excluding hydrogens is 193 g/mol. The Labute approximate surface area is 77.9 Å². The molecule has 0 unspecified atom stereocenters. The van der Waals surface area contributed by atoms with Crippen LogP contribution in [-0.4, -0.2) is 16.0 Å². The summed E-state index contributed by atoms with van der Waals surface area (Å²) in [7, 11) is 0. The van der Waals surface area contributed by atoms with E-state index in [0.717, 1.165) is 12.1 Å². The summed E-state index contributed by atoms with van der Waals surface area (Å²) in [6.07, 6.45) is -0.691. The number of aliphatic carboxylic acids is 1. The van der Waals surface area contributed by atoms with Crippen LogP contribution < -0.4 is 0 Å². The number of hydrogen-bond donors (Lipinski definition) is 1. The maximum atomic E-state index is 13.0. The Morgan fingerprint density at radius 1 is 1.57 bits per heavy atom. The lowest BCUT2D eigenvalue weighted by Gasteiger charge is -2.00. The Balaban J connectivity index is 3.22. The highest BCUT2D eigenvalue weighted by Crippen LogP contribution is 2.21. The molecule has 5 nitrogen and oxygen atoms in total. The van der Waals surface area contributed by atoms with Crippen molar-refractivity contribution >= 4 is 11.7 Å². The highest BCUT2D eigenvalue weighted by Gasteiger charge is 2.19. The molecule has 74 valence electrons. The number of carboxylic acids is 1. The minimum Gasteiger partial charge on any atom is -0.481 e. The third-order valence-electron chi connectivity index (χ3n) is 1.62. The predicted octanol–water partition coefficient (Wildman–Crippen LogP) is 1.36. The molecule has 1 aromatic rings. The molecule has 0 aliphatic heterocycles. The van der Waals surface area contributed by atoms with Crippen molar-refractivity contribution in [3.05, 3.63) is 39.7 Å². The molecule has 0 bridgehead atoms. The van der Waals surface area contributed by atoms with Crippen LogP contribution in [0.3, 0.4) is 0 Å². The maximum Gasteiger partial charge on any atom is 0.308 e. The van der Waals surface area contributed by atoms with Gasteiger partial charge in [0.05, 0.1) is 16.9 Å². The molecule has 0 aromatic heterocycles. The Morgan fingerprint density at radius 3 is 2.71 bits per heavy atom. The van der Waals surface area contributed by atoms with Gasteiger partial charge in [0.2, 0.25) is 0 Å². The lowest BCUT2D eigenvalue weighted by atomic mass is 10.1. The number of halogens is 1. The molecule has 0 amide bonds. The molecule has 6 heteroatoms. The number of nitrogens with zero attached hydrogens (tertiary/aromatic N) is 1. The Kier molecular flexibility index (Phi) is 2.76. The molecule has 14 heavy (non-hydrogen) atoms. The molecule has 1 aromatic carbocycles. The molecule has 0 saturated carbocycles. The molecule has 0 atom stereocenters. The summed E-state index contributed by atoms with van der Waals surface area (Å²) < 4.78 is 13.0. The fraction of sp³-hybridized carbons (Fsp3) is 0.125. The van der Waals surface area contributed by atoms with E-state index >= 15 is 0 Å². The summed E-state index contributed by atoms with van der Waals surface area (Å²) in [6.45, 7) is 0. The second-order valence-corrected chi connectivity index (χ2v) is 2.57. The number of rotatable bonds is 3. The Morgan fingerprint density at radius 2 is 2.21 bits per heavy atom. The van der Waals surface area contributed by atoms with E-state index in [4.69, 9.17) is 5.11 Å². The van der Waals surface area contributed by atoms with E-state index in [1.807, 2.05) is 0 Å². The molecule has 0 heterocycles. The quantitative estimate of drug-likeness (QED) is 0.588. The highest BCUT2D eigenvalue weighted by molar-refractivity contribution is 5.72. The number of nitro benzene ring substituents is 1. The van der Waals surface area contributed by atoms with Gasteiger partial charge in [-0.05, 0) is 6.07 Å². The Bertz CT molecular complexity index is 391. The molecule has 0 saturated heterocycles. The monoisotopic (exact) mass is 199 g/mol. The lowest BCUT2D eigenvalue weighted by molar-refractivity contribution is -0.385. The number of hydrogen-bond acceptors (Lipinski definition) is 3. The number of benzene rings is 1. The van der Waals surface area contributed by atoms with Gasteiger partial charge in [0, 0.05) is 6.07 Å². The SMILES string of the molecule is O=C(O)Cc1c(F)cccc1[N+](=O)[O-]. The molecule has 0 fully saturated rings. The van der Waals surface area contributed by atoms with Crippen LogP contribution >= 0.6 is 0 Å². The lowest BCUT2D eigenvalue weighted by Crippen LogP contribution is -2.06. The van der Waals surface area contributed by atoms with Crippen LogP contribution in [0.15, 0.2) is 18.2 Å². The first kappa shape index (κ1) is 10.1. The van der Waals surface area contributed by atoms with Crippen LogP contribution in [0.2, 0.25) is 0 Å². The smallest absolute Gasteiger partial charge is 0.308 e. The minimum atomic E-state index is -1.31. The molecular formula is C8H6FNO4. The predicted molar refractivity (Wildman–Crippen MR) is 44.4 cm³/mol. The zero-order valence-electron chi connectivity index (χ0n) is 6.94. The van der Waals surface area contributed by atoms with Gasteiger partial charge in [0.15, 0.2) is 0 Å². The molecule has 0 aliphatic rings. The standard InChI is InChI=1S/C8H6FNO4/c9-6-2-1-3-7(10(13)14)5(6)4-8(11)12/h1-3H,4H2,(H,11,12). The number of carbonyl (C=O) groups is 1. The van der Waals surface area contributed by atoms with Crippen molar-refractivity contribution in [2.75, 3.05) is 0 Å². The fourth-order valence-electron chi connectivity index (χ4n) is 1.04. The summed E-state index contributed by atoms with van der Waals surface area (Å²) >= 11 is 0. The first-order valence-corrected chi connectivity index (χ1v) is 3.66. The normalized spacial score (nSPS) is 9.79. The van der Waals surface area contributed by atoms with Crippen molar-refractivity contribution in [2.24, 2.45) is 0 Å². The topological polar surface area (TPSA) is 80.4 Å². The van der Waals surface area contributed by atoms with Gasteiger partial charge in [-0.25, -0.2) is 4.39 Å². The van der Waals surface area contributed by atoms with Crippen LogP contribution in [0.1, 0.15) is 5.56 Å². The van der Waals surface area contributed by atoms with Crippen LogP contribution in [0.4, 0.5) is 10.1 Å².